The molecule has 6 heteroatoms. The molecule has 4 rings (SSSR count). The lowest BCUT2D eigenvalue weighted by Gasteiger charge is -1.98. The number of aromatic amines is 1. The Balaban J connectivity index is 0.00000196. The van der Waals surface area contributed by atoms with Crippen molar-refractivity contribution in [3.05, 3.63) is 83.3 Å². The first-order valence-corrected chi connectivity index (χ1v) is 8.84. The smallest absolute Gasteiger partial charge is 0.237 e. The lowest BCUT2D eigenvalue weighted by Crippen LogP contribution is -3.00. The van der Waals surface area contributed by atoms with Crippen molar-refractivity contribution in [2.24, 2.45) is 0 Å². The zero-order valence-corrected chi connectivity index (χ0v) is 15.4. The lowest BCUT2D eigenvalue weighted by atomic mass is 10.1. The van der Waals surface area contributed by atoms with Gasteiger partial charge in [-0.05, 0) is 29.1 Å². The van der Waals surface area contributed by atoms with Crippen LogP contribution in [0.2, 0.25) is 0 Å². The second kappa shape index (κ2) is 8.08. The van der Waals surface area contributed by atoms with Gasteiger partial charge in [-0.3, -0.25) is 9.89 Å². The van der Waals surface area contributed by atoms with Gasteiger partial charge in [-0.15, -0.1) is 11.3 Å². The largest absolute Gasteiger partial charge is 1.00 e. The number of halogens is 1. The van der Waals surface area contributed by atoms with Gasteiger partial charge in [0.25, 0.3) is 0 Å². The number of nitrogens with one attached hydrogen (secondary N) is 1. The fourth-order valence-corrected chi connectivity index (χ4v) is 3.34. The molecule has 4 aromatic rings. The van der Waals surface area contributed by atoms with Crippen molar-refractivity contribution < 1.29 is 21.8 Å². The molecule has 0 amide bonds. The highest BCUT2D eigenvalue weighted by atomic mass is 35.5. The van der Waals surface area contributed by atoms with E-state index in [1.165, 1.54) is 11.3 Å². The van der Waals surface area contributed by atoms with Gasteiger partial charge in [0, 0.05) is 6.07 Å². The van der Waals surface area contributed by atoms with Gasteiger partial charge in [0.1, 0.15) is 0 Å². The first kappa shape index (κ1) is 18.0. The van der Waals surface area contributed by atoms with Gasteiger partial charge < -0.3 is 12.4 Å². The molecule has 0 saturated carbocycles. The summed E-state index contributed by atoms with van der Waals surface area (Å²) in [6.07, 6.45) is 3.86. The molecule has 0 unspecified atom stereocenters. The minimum absolute atomic E-state index is 0. The standard InChI is InChI=1S/C20H16N3OS.ClH/c24-19(20-9-5-11-25-20)14-23-10-4-8-16(13-23)18-12-17(21-22-18)15-6-2-1-3-7-15;/h1-13H,14H2,(H,21,22);1H/q+1;/p-1. The first-order valence-electron chi connectivity index (χ1n) is 7.96. The second-order valence-corrected chi connectivity index (χ2v) is 6.65. The van der Waals surface area contributed by atoms with E-state index in [0.29, 0.717) is 6.54 Å². The summed E-state index contributed by atoms with van der Waals surface area (Å²) < 4.78 is 1.90. The van der Waals surface area contributed by atoms with Crippen molar-refractivity contribution in [3.8, 4) is 22.5 Å². The van der Waals surface area contributed by atoms with Crippen molar-refractivity contribution >= 4 is 17.1 Å². The predicted molar refractivity (Wildman–Crippen MR) is 98.3 cm³/mol. The quantitative estimate of drug-likeness (QED) is 0.414. The van der Waals surface area contributed by atoms with E-state index >= 15 is 0 Å². The molecule has 0 spiro atoms. The maximum atomic E-state index is 12.3. The molecule has 0 saturated heterocycles. The number of ketones is 1. The minimum Gasteiger partial charge on any atom is -1.00 e. The number of hydrogen-bond donors (Lipinski definition) is 1. The Morgan fingerprint density at radius 2 is 1.85 bits per heavy atom. The van der Waals surface area contributed by atoms with Crippen LogP contribution in [-0.4, -0.2) is 16.0 Å². The molecule has 1 N–H and O–H groups in total. The van der Waals surface area contributed by atoms with Crippen LogP contribution in [0.3, 0.4) is 0 Å². The van der Waals surface area contributed by atoms with Crippen LogP contribution < -0.4 is 17.0 Å². The Morgan fingerprint density at radius 1 is 1.04 bits per heavy atom. The Morgan fingerprint density at radius 3 is 2.62 bits per heavy atom. The number of carbonyl (C=O) groups is 1. The molecule has 1 aromatic carbocycles. The number of carbonyl (C=O) groups excluding carboxylic acids is 1. The van der Waals surface area contributed by atoms with Crippen LogP contribution in [0.15, 0.2) is 78.4 Å². The van der Waals surface area contributed by atoms with E-state index < -0.39 is 0 Å². The van der Waals surface area contributed by atoms with Crippen LogP contribution in [0.25, 0.3) is 22.5 Å². The molecule has 0 atom stereocenters. The normalized spacial score (nSPS) is 10.3. The van der Waals surface area contributed by atoms with Crippen LogP contribution in [0.4, 0.5) is 0 Å². The summed E-state index contributed by atoms with van der Waals surface area (Å²) in [5.74, 6) is 0.115. The van der Waals surface area contributed by atoms with Crippen molar-refractivity contribution in [2.45, 2.75) is 6.54 Å². The number of benzene rings is 1. The van der Waals surface area contributed by atoms with E-state index in [1.54, 1.807) is 0 Å². The summed E-state index contributed by atoms with van der Waals surface area (Å²) in [7, 11) is 0. The van der Waals surface area contributed by atoms with E-state index in [0.717, 1.165) is 27.4 Å². The number of nitrogens with zero attached hydrogens (tertiary/aromatic N) is 2. The molecule has 3 heterocycles. The van der Waals surface area contributed by atoms with Crippen LogP contribution in [0, 0.1) is 0 Å². The van der Waals surface area contributed by atoms with Gasteiger partial charge in [-0.25, -0.2) is 0 Å². The molecular formula is C20H16ClN3OS. The lowest BCUT2D eigenvalue weighted by molar-refractivity contribution is -0.682. The molecular weight excluding hydrogens is 366 g/mol. The van der Waals surface area contributed by atoms with Crippen molar-refractivity contribution in [3.63, 3.8) is 0 Å². The second-order valence-electron chi connectivity index (χ2n) is 5.70. The molecule has 3 aromatic heterocycles. The summed E-state index contributed by atoms with van der Waals surface area (Å²) in [5.41, 5.74) is 3.90. The maximum Gasteiger partial charge on any atom is 0.237 e. The Hall–Kier alpha value is -2.76. The van der Waals surface area contributed by atoms with Crippen molar-refractivity contribution in [1.82, 2.24) is 10.2 Å². The highest BCUT2D eigenvalue weighted by molar-refractivity contribution is 7.12. The van der Waals surface area contributed by atoms with Crippen molar-refractivity contribution in [1.29, 1.82) is 0 Å². The average Bonchev–Trinajstić information content (AvgIpc) is 3.35. The number of rotatable bonds is 5. The molecule has 4 nitrogen and oxygen atoms in total. The third-order valence-electron chi connectivity index (χ3n) is 3.94. The first-order chi connectivity index (χ1) is 12.3. The van der Waals surface area contributed by atoms with Gasteiger partial charge in [0.05, 0.1) is 21.8 Å². The molecule has 0 aliphatic carbocycles. The summed E-state index contributed by atoms with van der Waals surface area (Å²) in [6.45, 7) is 0.324. The van der Waals surface area contributed by atoms with Crippen molar-refractivity contribution in [2.75, 3.05) is 0 Å². The molecule has 0 aliphatic heterocycles. The van der Waals surface area contributed by atoms with Crippen LogP contribution in [-0.2, 0) is 6.54 Å². The fraction of sp³-hybridized carbons (Fsp3) is 0.0500. The SMILES string of the molecule is O=C(C[n+]1cccc(-c2cc(-c3ccccc3)[nH]n2)c1)c1cccs1.[Cl-]. The monoisotopic (exact) mass is 381 g/mol. The number of thiophene rings is 1. The third-order valence-corrected chi connectivity index (χ3v) is 4.85. The highest BCUT2D eigenvalue weighted by Gasteiger charge is 2.15. The van der Waals surface area contributed by atoms with Crippen LogP contribution in [0.5, 0.6) is 0 Å². The molecule has 0 bridgehead atoms. The number of H-pyrrole nitrogens is 1. The molecule has 26 heavy (non-hydrogen) atoms. The number of aromatic nitrogens is 3. The Labute approximate surface area is 161 Å². The summed E-state index contributed by atoms with van der Waals surface area (Å²) in [4.78, 5) is 13.1. The molecule has 0 fully saturated rings. The zero-order valence-electron chi connectivity index (χ0n) is 13.8. The molecule has 0 radical (unpaired) electrons. The van der Waals surface area contributed by atoms with E-state index in [4.69, 9.17) is 0 Å². The molecule has 0 aliphatic rings. The summed E-state index contributed by atoms with van der Waals surface area (Å²) in [6, 6.07) is 19.8. The number of pyridine rings is 1. The minimum atomic E-state index is 0. The third kappa shape index (κ3) is 3.90. The van der Waals surface area contributed by atoms with Gasteiger partial charge in [-0.2, -0.15) is 9.67 Å². The van der Waals surface area contributed by atoms with Crippen LogP contribution >= 0.6 is 11.3 Å². The molecule has 130 valence electrons. The summed E-state index contributed by atoms with van der Waals surface area (Å²) >= 11 is 1.47. The van der Waals surface area contributed by atoms with Gasteiger partial charge in [0.15, 0.2) is 12.4 Å². The fourth-order valence-electron chi connectivity index (χ4n) is 2.69. The Kier molecular flexibility index (Phi) is 5.61. The van der Waals surface area contributed by atoms with Gasteiger partial charge in [0.2, 0.25) is 12.3 Å². The van der Waals surface area contributed by atoms with E-state index in [2.05, 4.69) is 10.2 Å². The average molecular weight is 382 g/mol. The topological polar surface area (TPSA) is 49.6 Å². The zero-order chi connectivity index (χ0) is 17.1. The predicted octanol–water partition coefficient (Wildman–Crippen LogP) is 0.980. The van der Waals surface area contributed by atoms with Gasteiger partial charge >= 0.3 is 0 Å². The number of hydrogen-bond acceptors (Lipinski definition) is 3. The van der Waals surface area contributed by atoms with E-state index in [1.807, 2.05) is 83.0 Å². The Bertz CT molecular complexity index is 997. The number of Topliss-reactive ketones (excluding diaryl/α,β-unsaturated/α-hetero) is 1. The highest BCUT2D eigenvalue weighted by Crippen LogP contribution is 2.22. The van der Waals surface area contributed by atoms with E-state index in [-0.39, 0.29) is 18.2 Å². The maximum absolute atomic E-state index is 12.3. The van der Waals surface area contributed by atoms with E-state index in [9.17, 15) is 4.79 Å². The summed E-state index contributed by atoms with van der Waals surface area (Å²) in [5, 5.41) is 9.41. The van der Waals surface area contributed by atoms with Gasteiger partial charge in [-0.1, -0.05) is 36.4 Å². The van der Waals surface area contributed by atoms with Crippen LogP contribution in [0.1, 0.15) is 9.67 Å².